The standard InChI is InChI=1S/C25H25NO5/c1-3-30-24(29)25(14-21(25)23(27)28)13-17-8-10-19(11-9-17)31-15-18-12-16(2)26-22-7-5-4-6-20(18)22/h4-12,21H,3,13-15H2,1-2H3,(H,27,28). The van der Waals surface area contributed by atoms with E-state index in [1.807, 2.05) is 61.5 Å². The first-order chi connectivity index (χ1) is 14.9. The average molecular weight is 419 g/mol. The van der Waals surface area contributed by atoms with Crippen LogP contribution in [0.4, 0.5) is 0 Å². The molecule has 1 aliphatic rings. The van der Waals surface area contributed by atoms with Crippen molar-refractivity contribution in [3.8, 4) is 5.75 Å². The number of carboxylic acids is 1. The molecule has 1 N–H and O–H groups in total. The van der Waals surface area contributed by atoms with Crippen LogP contribution >= 0.6 is 0 Å². The molecule has 0 amide bonds. The first-order valence-electron chi connectivity index (χ1n) is 10.4. The summed E-state index contributed by atoms with van der Waals surface area (Å²) >= 11 is 0. The summed E-state index contributed by atoms with van der Waals surface area (Å²) in [5, 5.41) is 10.4. The number of carbonyl (C=O) groups excluding carboxylic acids is 1. The van der Waals surface area contributed by atoms with Crippen LogP contribution < -0.4 is 4.74 Å². The zero-order chi connectivity index (χ0) is 22.0. The average Bonchev–Trinajstić information content (AvgIpc) is 3.49. The molecule has 4 rings (SSSR count). The second-order valence-corrected chi connectivity index (χ2v) is 8.02. The van der Waals surface area contributed by atoms with E-state index < -0.39 is 23.3 Å². The smallest absolute Gasteiger partial charge is 0.313 e. The van der Waals surface area contributed by atoms with E-state index in [9.17, 15) is 14.7 Å². The lowest BCUT2D eigenvalue weighted by atomic mass is 9.94. The molecule has 3 aromatic rings. The number of carboxylic acid groups (broad SMARTS) is 1. The number of pyridine rings is 1. The van der Waals surface area contributed by atoms with Crippen molar-refractivity contribution in [1.82, 2.24) is 4.98 Å². The Balaban J connectivity index is 1.46. The maximum absolute atomic E-state index is 12.4. The van der Waals surface area contributed by atoms with Gasteiger partial charge in [-0.25, -0.2) is 0 Å². The third-order valence-corrected chi connectivity index (χ3v) is 5.82. The molecule has 2 atom stereocenters. The molecular weight excluding hydrogens is 394 g/mol. The van der Waals surface area contributed by atoms with Gasteiger partial charge in [-0.15, -0.1) is 0 Å². The number of rotatable bonds is 8. The molecule has 0 radical (unpaired) electrons. The van der Waals surface area contributed by atoms with Crippen molar-refractivity contribution in [2.45, 2.75) is 33.3 Å². The summed E-state index contributed by atoms with van der Waals surface area (Å²) in [6, 6.07) is 17.5. The molecule has 1 fully saturated rings. The number of para-hydroxylation sites is 1. The van der Waals surface area contributed by atoms with E-state index in [1.54, 1.807) is 6.92 Å². The number of esters is 1. The maximum Gasteiger partial charge on any atom is 0.313 e. The zero-order valence-electron chi connectivity index (χ0n) is 17.6. The van der Waals surface area contributed by atoms with Crippen molar-refractivity contribution < 1.29 is 24.2 Å². The van der Waals surface area contributed by atoms with Gasteiger partial charge in [0, 0.05) is 16.6 Å². The molecule has 1 aliphatic carbocycles. The number of fused-ring (bicyclic) bond motifs is 1. The Kier molecular flexibility index (Phi) is 5.63. The summed E-state index contributed by atoms with van der Waals surface area (Å²) in [5.41, 5.74) is 2.87. The van der Waals surface area contributed by atoms with Gasteiger partial charge in [0.2, 0.25) is 0 Å². The van der Waals surface area contributed by atoms with E-state index >= 15 is 0 Å². The van der Waals surface area contributed by atoms with Crippen molar-refractivity contribution in [1.29, 1.82) is 0 Å². The monoisotopic (exact) mass is 419 g/mol. The fraction of sp³-hybridized carbons (Fsp3) is 0.320. The molecule has 31 heavy (non-hydrogen) atoms. The lowest BCUT2D eigenvalue weighted by molar-refractivity contribution is -0.153. The minimum Gasteiger partial charge on any atom is -0.489 e. The maximum atomic E-state index is 12.4. The molecule has 1 saturated carbocycles. The highest BCUT2D eigenvalue weighted by Gasteiger charge is 2.64. The molecule has 1 heterocycles. The second-order valence-electron chi connectivity index (χ2n) is 8.02. The van der Waals surface area contributed by atoms with Gasteiger partial charge in [-0.05, 0) is 56.5 Å². The van der Waals surface area contributed by atoms with Gasteiger partial charge in [-0.2, -0.15) is 0 Å². The molecule has 0 saturated heterocycles. The minimum atomic E-state index is -0.961. The number of hydrogen-bond acceptors (Lipinski definition) is 5. The van der Waals surface area contributed by atoms with Crippen molar-refractivity contribution in [2.75, 3.05) is 6.61 Å². The summed E-state index contributed by atoms with van der Waals surface area (Å²) in [6.45, 7) is 4.34. The molecule has 1 aromatic heterocycles. The lowest BCUT2D eigenvalue weighted by Gasteiger charge is -2.15. The number of hydrogen-bond donors (Lipinski definition) is 1. The van der Waals surface area contributed by atoms with Crippen LogP contribution in [0.15, 0.2) is 54.6 Å². The van der Waals surface area contributed by atoms with E-state index in [2.05, 4.69) is 4.98 Å². The van der Waals surface area contributed by atoms with Gasteiger partial charge in [0.05, 0.1) is 23.5 Å². The molecule has 0 aliphatic heterocycles. The number of carbonyl (C=O) groups is 2. The molecule has 2 aromatic carbocycles. The van der Waals surface area contributed by atoms with Gasteiger partial charge in [-0.3, -0.25) is 14.6 Å². The number of benzene rings is 2. The Morgan fingerprint density at radius 2 is 1.90 bits per heavy atom. The highest BCUT2D eigenvalue weighted by molar-refractivity contribution is 5.90. The molecule has 160 valence electrons. The van der Waals surface area contributed by atoms with E-state index in [4.69, 9.17) is 9.47 Å². The van der Waals surface area contributed by atoms with E-state index in [1.165, 1.54) is 0 Å². The first kappa shape index (κ1) is 20.8. The summed E-state index contributed by atoms with van der Waals surface area (Å²) in [4.78, 5) is 28.4. The van der Waals surface area contributed by atoms with Crippen LogP contribution in [0.1, 0.15) is 30.2 Å². The van der Waals surface area contributed by atoms with E-state index in [0.29, 0.717) is 25.2 Å². The number of ether oxygens (including phenoxy) is 2. The third-order valence-electron chi connectivity index (χ3n) is 5.82. The van der Waals surface area contributed by atoms with Crippen molar-refractivity contribution in [2.24, 2.45) is 11.3 Å². The quantitative estimate of drug-likeness (QED) is 0.548. The minimum absolute atomic E-state index is 0.239. The van der Waals surface area contributed by atoms with Crippen molar-refractivity contribution in [3.05, 3.63) is 71.4 Å². The fourth-order valence-corrected chi connectivity index (χ4v) is 4.14. The van der Waals surface area contributed by atoms with Crippen LogP contribution in [0.5, 0.6) is 5.75 Å². The number of nitrogens with zero attached hydrogens (tertiary/aromatic N) is 1. The Labute approximate surface area is 180 Å². The van der Waals surface area contributed by atoms with Crippen LogP contribution in [0.3, 0.4) is 0 Å². The summed E-state index contributed by atoms with van der Waals surface area (Å²) in [7, 11) is 0. The third kappa shape index (κ3) is 4.24. The van der Waals surface area contributed by atoms with Gasteiger partial charge < -0.3 is 14.6 Å². The van der Waals surface area contributed by atoms with Gasteiger partial charge in [0.15, 0.2) is 0 Å². The fourth-order valence-electron chi connectivity index (χ4n) is 4.14. The summed E-state index contributed by atoms with van der Waals surface area (Å²) in [6.07, 6.45) is 0.658. The molecule has 6 nitrogen and oxygen atoms in total. The topological polar surface area (TPSA) is 85.7 Å². The second kappa shape index (κ2) is 8.38. The number of aryl methyl sites for hydroxylation is 1. The van der Waals surface area contributed by atoms with Crippen molar-refractivity contribution in [3.63, 3.8) is 0 Å². The van der Waals surface area contributed by atoms with E-state index in [0.717, 1.165) is 27.7 Å². The molecular formula is C25H25NO5. The Hall–Kier alpha value is -3.41. The Bertz CT molecular complexity index is 1120. The van der Waals surface area contributed by atoms with Gasteiger partial charge in [0.25, 0.3) is 0 Å². The highest BCUT2D eigenvalue weighted by Crippen LogP contribution is 2.56. The Morgan fingerprint density at radius 1 is 1.16 bits per heavy atom. The lowest BCUT2D eigenvalue weighted by Crippen LogP contribution is -2.26. The van der Waals surface area contributed by atoms with E-state index in [-0.39, 0.29) is 6.61 Å². The van der Waals surface area contributed by atoms with Gasteiger partial charge >= 0.3 is 11.9 Å². The predicted molar refractivity (Wildman–Crippen MR) is 116 cm³/mol. The predicted octanol–water partition coefficient (Wildman–Crippen LogP) is 4.32. The van der Waals surface area contributed by atoms with Crippen LogP contribution in [0.25, 0.3) is 10.9 Å². The van der Waals surface area contributed by atoms with Gasteiger partial charge in [0.1, 0.15) is 12.4 Å². The SMILES string of the molecule is CCOC(=O)C1(Cc2ccc(OCc3cc(C)nc4ccccc34)cc2)CC1C(=O)O. The molecule has 0 bridgehead atoms. The number of aliphatic carboxylic acids is 1. The first-order valence-corrected chi connectivity index (χ1v) is 10.4. The van der Waals surface area contributed by atoms with Crippen LogP contribution in [-0.4, -0.2) is 28.6 Å². The molecule has 0 spiro atoms. The molecule has 6 heteroatoms. The van der Waals surface area contributed by atoms with Gasteiger partial charge in [-0.1, -0.05) is 30.3 Å². The number of aromatic nitrogens is 1. The largest absolute Gasteiger partial charge is 0.489 e. The van der Waals surface area contributed by atoms with Crippen LogP contribution in [0.2, 0.25) is 0 Å². The highest BCUT2D eigenvalue weighted by atomic mass is 16.5. The van der Waals surface area contributed by atoms with Crippen molar-refractivity contribution >= 4 is 22.8 Å². The summed E-state index contributed by atoms with van der Waals surface area (Å²) < 4.78 is 11.1. The molecule has 2 unspecified atom stereocenters. The normalized spacial score (nSPS) is 19.7. The van der Waals surface area contributed by atoms with Crippen LogP contribution in [0, 0.1) is 18.3 Å². The van der Waals surface area contributed by atoms with Crippen LogP contribution in [-0.2, 0) is 27.4 Å². The summed E-state index contributed by atoms with van der Waals surface area (Å²) in [5.74, 6) is -1.36. The Morgan fingerprint density at radius 3 is 2.58 bits per heavy atom. The zero-order valence-corrected chi connectivity index (χ0v) is 17.6.